The standard InChI is InChI=1S/C67H116O6/c1-4-7-10-13-16-19-22-24-26-28-29-30-31-32-33-34-35-36-37-38-39-40-42-43-45-48-51-54-57-60-66(69)72-63-64(62-71-65(68)59-56-53-50-47-21-18-15-12-9-6-3)73-67(70)61-58-55-52-49-46-44-41-27-25-23-20-17-14-11-8-5-2/h7,10,12,15-16,19-20,23-24,26-27,29-30,41,64H,4-6,8-9,11,13-14,17-18,21-22,25,28,31-40,42-63H2,1-3H3/b10-7-,15-12-,19-16-,23-20-,26-24-,30-29-,41-27-. The van der Waals surface area contributed by atoms with Gasteiger partial charge in [-0.15, -0.1) is 0 Å². The van der Waals surface area contributed by atoms with Crippen molar-refractivity contribution >= 4 is 17.9 Å². The molecule has 73 heavy (non-hydrogen) atoms. The molecule has 1 unspecified atom stereocenters. The molecule has 0 radical (unpaired) electrons. The third kappa shape index (κ3) is 59.3. The highest BCUT2D eigenvalue weighted by atomic mass is 16.6. The third-order valence-electron chi connectivity index (χ3n) is 13.3. The molecule has 420 valence electrons. The summed E-state index contributed by atoms with van der Waals surface area (Å²) in [5, 5.41) is 0. The van der Waals surface area contributed by atoms with Crippen LogP contribution >= 0.6 is 0 Å². The first-order valence-corrected chi connectivity index (χ1v) is 31.1. The zero-order chi connectivity index (χ0) is 52.9. The van der Waals surface area contributed by atoms with E-state index in [-0.39, 0.29) is 31.1 Å². The van der Waals surface area contributed by atoms with E-state index in [1.807, 2.05) is 0 Å². The second-order valence-electron chi connectivity index (χ2n) is 20.6. The summed E-state index contributed by atoms with van der Waals surface area (Å²) < 4.78 is 16.8. The molecule has 0 aliphatic rings. The van der Waals surface area contributed by atoms with Gasteiger partial charge in [-0.05, 0) is 109 Å². The van der Waals surface area contributed by atoms with Crippen LogP contribution in [0.1, 0.15) is 303 Å². The minimum Gasteiger partial charge on any atom is -0.462 e. The molecule has 0 fully saturated rings. The number of hydrogen-bond acceptors (Lipinski definition) is 6. The summed E-state index contributed by atoms with van der Waals surface area (Å²) in [6, 6.07) is 0. The molecule has 0 amide bonds. The number of ether oxygens (including phenoxy) is 3. The second-order valence-corrected chi connectivity index (χ2v) is 20.6. The van der Waals surface area contributed by atoms with Gasteiger partial charge in [-0.3, -0.25) is 14.4 Å². The maximum absolute atomic E-state index is 12.8. The van der Waals surface area contributed by atoms with Crippen LogP contribution < -0.4 is 0 Å². The van der Waals surface area contributed by atoms with Crippen LogP contribution in [0.25, 0.3) is 0 Å². The Balaban J connectivity index is 4.17. The Bertz CT molecular complexity index is 1400. The molecule has 0 aromatic rings. The van der Waals surface area contributed by atoms with Gasteiger partial charge in [0.2, 0.25) is 0 Å². The van der Waals surface area contributed by atoms with E-state index in [1.165, 1.54) is 141 Å². The topological polar surface area (TPSA) is 78.9 Å². The number of carbonyl (C=O) groups is 3. The Morgan fingerprint density at radius 1 is 0.288 bits per heavy atom. The molecular formula is C67H116O6. The lowest BCUT2D eigenvalue weighted by atomic mass is 10.0. The minimum absolute atomic E-state index is 0.0828. The van der Waals surface area contributed by atoms with Gasteiger partial charge in [0.25, 0.3) is 0 Å². The first-order chi connectivity index (χ1) is 36.0. The Labute approximate surface area is 452 Å². The number of allylic oxidation sites excluding steroid dienone is 14. The Morgan fingerprint density at radius 2 is 0.562 bits per heavy atom. The fraction of sp³-hybridized carbons (Fsp3) is 0.746. The highest BCUT2D eigenvalue weighted by Gasteiger charge is 2.19. The molecule has 0 saturated heterocycles. The van der Waals surface area contributed by atoms with E-state index in [9.17, 15) is 14.4 Å². The summed E-state index contributed by atoms with van der Waals surface area (Å²) in [5.74, 6) is -0.899. The summed E-state index contributed by atoms with van der Waals surface area (Å²) in [6.07, 6.45) is 80.3. The van der Waals surface area contributed by atoms with Gasteiger partial charge >= 0.3 is 17.9 Å². The van der Waals surface area contributed by atoms with E-state index < -0.39 is 6.10 Å². The van der Waals surface area contributed by atoms with Crippen LogP contribution in [0.15, 0.2) is 85.1 Å². The summed E-state index contributed by atoms with van der Waals surface area (Å²) in [4.78, 5) is 38.1. The molecule has 0 aromatic heterocycles. The van der Waals surface area contributed by atoms with Crippen LogP contribution in [-0.2, 0) is 28.6 Å². The maximum Gasteiger partial charge on any atom is 0.306 e. The highest BCUT2D eigenvalue weighted by Crippen LogP contribution is 2.16. The highest BCUT2D eigenvalue weighted by molar-refractivity contribution is 5.71. The molecule has 6 heteroatoms. The number of carbonyl (C=O) groups excluding carboxylic acids is 3. The third-order valence-corrected chi connectivity index (χ3v) is 13.3. The van der Waals surface area contributed by atoms with Crippen LogP contribution in [0.4, 0.5) is 0 Å². The van der Waals surface area contributed by atoms with E-state index in [4.69, 9.17) is 14.2 Å². The lowest BCUT2D eigenvalue weighted by Gasteiger charge is -2.18. The lowest BCUT2D eigenvalue weighted by Crippen LogP contribution is -2.30. The lowest BCUT2D eigenvalue weighted by molar-refractivity contribution is -0.167. The van der Waals surface area contributed by atoms with Gasteiger partial charge in [-0.1, -0.05) is 260 Å². The van der Waals surface area contributed by atoms with Crippen molar-refractivity contribution in [2.45, 2.75) is 309 Å². The van der Waals surface area contributed by atoms with Crippen LogP contribution in [0.3, 0.4) is 0 Å². The molecule has 0 aliphatic heterocycles. The van der Waals surface area contributed by atoms with Gasteiger partial charge in [0.05, 0.1) is 0 Å². The smallest absolute Gasteiger partial charge is 0.306 e. The largest absolute Gasteiger partial charge is 0.462 e. The maximum atomic E-state index is 12.8. The quantitative estimate of drug-likeness (QED) is 0.0261. The normalized spacial score (nSPS) is 12.6. The number of hydrogen-bond donors (Lipinski definition) is 0. The van der Waals surface area contributed by atoms with Gasteiger partial charge in [0, 0.05) is 19.3 Å². The van der Waals surface area contributed by atoms with Crippen LogP contribution in [0.2, 0.25) is 0 Å². The van der Waals surface area contributed by atoms with Gasteiger partial charge < -0.3 is 14.2 Å². The number of rotatable bonds is 56. The molecule has 6 nitrogen and oxygen atoms in total. The molecule has 0 spiro atoms. The van der Waals surface area contributed by atoms with Crippen molar-refractivity contribution < 1.29 is 28.6 Å². The van der Waals surface area contributed by atoms with E-state index in [0.29, 0.717) is 19.3 Å². The van der Waals surface area contributed by atoms with Crippen molar-refractivity contribution in [1.29, 1.82) is 0 Å². The molecule has 0 saturated carbocycles. The van der Waals surface area contributed by atoms with E-state index in [2.05, 4.69) is 106 Å². The van der Waals surface area contributed by atoms with Crippen molar-refractivity contribution in [2.24, 2.45) is 0 Å². The molecule has 0 aliphatic carbocycles. The summed E-state index contributed by atoms with van der Waals surface area (Å²) in [7, 11) is 0. The zero-order valence-corrected chi connectivity index (χ0v) is 48.1. The number of esters is 3. The summed E-state index contributed by atoms with van der Waals surface area (Å²) in [6.45, 7) is 6.45. The van der Waals surface area contributed by atoms with Crippen LogP contribution in [-0.4, -0.2) is 37.2 Å². The van der Waals surface area contributed by atoms with Crippen LogP contribution in [0, 0.1) is 0 Å². The average Bonchev–Trinajstić information content (AvgIpc) is 3.39. The molecule has 0 rings (SSSR count). The zero-order valence-electron chi connectivity index (χ0n) is 48.1. The van der Waals surface area contributed by atoms with Gasteiger partial charge in [0.1, 0.15) is 13.2 Å². The van der Waals surface area contributed by atoms with Crippen molar-refractivity contribution in [3.63, 3.8) is 0 Å². The Hall–Kier alpha value is -3.41. The Kier molecular flexibility index (Phi) is 58.3. The fourth-order valence-electron chi connectivity index (χ4n) is 8.70. The SMILES string of the molecule is CC/C=C\C/C=C\C/C=C\C/C=C\CCCCCCCCCCCCCCCCCCC(=O)OCC(COC(=O)CCCCCCC/C=C\CCC)OC(=O)CCCCCCC/C=C\C/C=C\CCCCCC. The van der Waals surface area contributed by atoms with E-state index >= 15 is 0 Å². The number of unbranched alkanes of at least 4 members (excludes halogenated alkanes) is 31. The van der Waals surface area contributed by atoms with Crippen LogP contribution in [0.5, 0.6) is 0 Å². The minimum atomic E-state index is -0.786. The predicted octanol–water partition coefficient (Wildman–Crippen LogP) is 21.1. The van der Waals surface area contributed by atoms with E-state index in [1.54, 1.807) is 0 Å². The van der Waals surface area contributed by atoms with Crippen molar-refractivity contribution in [1.82, 2.24) is 0 Å². The molecular weight excluding hydrogens is 901 g/mol. The molecule has 0 aromatic carbocycles. The Morgan fingerprint density at radius 3 is 0.904 bits per heavy atom. The first-order valence-electron chi connectivity index (χ1n) is 31.1. The summed E-state index contributed by atoms with van der Waals surface area (Å²) in [5.41, 5.74) is 0. The fourth-order valence-corrected chi connectivity index (χ4v) is 8.70. The van der Waals surface area contributed by atoms with Gasteiger partial charge in [-0.25, -0.2) is 0 Å². The van der Waals surface area contributed by atoms with Crippen molar-refractivity contribution in [2.75, 3.05) is 13.2 Å². The van der Waals surface area contributed by atoms with Crippen molar-refractivity contribution in [3.05, 3.63) is 85.1 Å². The second kappa shape index (κ2) is 61.1. The van der Waals surface area contributed by atoms with Crippen molar-refractivity contribution in [3.8, 4) is 0 Å². The molecule has 0 N–H and O–H groups in total. The first kappa shape index (κ1) is 69.6. The molecule has 1 atom stereocenters. The van der Waals surface area contributed by atoms with Gasteiger partial charge in [0.15, 0.2) is 6.10 Å². The average molecular weight is 1020 g/mol. The van der Waals surface area contributed by atoms with Gasteiger partial charge in [-0.2, -0.15) is 0 Å². The predicted molar refractivity (Wildman–Crippen MR) is 316 cm³/mol. The monoisotopic (exact) mass is 1020 g/mol. The summed E-state index contributed by atoms with van der Waals surface area (Å²) >= 11 is 0. The molecule has 0 heterocycles. The van der Waals surface area contributed by atoms with E-state index in [0.717, 1.165) is 122 Å². The molecule has 0 bridgehead atoms.